The second kappa shape index (κ2) is 12.5. The number of carboxylic acid groups (broad SMARTS) is 1. The van der Waals surface area contributed by atoms with Crippen LogP contribution < -0.4 is 16.2 Å². The summed E-state index contributed by atoms with van der Waals surface area (Å²) < 4.78 is 0. The van der Waals surface area contributed by atoms with Gasteiger partial charge in [-0.25, -0.2) is 15.0 Å². The fraction of sp³-hybridized carbons (Fsp3) is 0.360. The molecule has 37 heavy (non-hydrogen) atoms. The first-order chi connectivity index (χ1) is 17.6. The van der Waals surface area contributed by atoms with Crippen molar-refractivity contribution in [2.75, 3.05) is 11.9 Å². The number of ketones is 2. The Morgan fingerprint density at radius 1 is 1.08 bits per heavy atom. The number of fused-ring (bicyclic) bond motifs is 1. The van der Waals surface area contributed by atoms with E-state index in [1.165, 1.54) is 6.92 Å². The molecule has 0 aliphatic carbocycles. The van der Waals surface area contributed by atoms with Crippen LogP contribution in [-0.4, -0.2) is 55.0 Å². The summed E-state index contributed by atoms with van der Waals surface area (Å²) in [6.07, 6.45) is 1.59. The van der Waals surface area contributed by atoms with Crippen LogP contribution in [0, 0.1) is 12.8 Å². The Labute approximate surface area is 211 Å². The van der Waals surface area contributed by atoms with E-state index in [4.69, 9.17) is 5.11 Å². The minimum absolute atomic E-state index is 0.109. The van der Waals surface area contributed by atoms with Crippen molar-refractivity contribution < 1.29 is 24.3 Å². The number of amides is 1. The third kappa shape index (κ3) is 8.02. The van der Waals surface area contributed by atoms with Crippen molar-refractivity contribution in [3.05, 3.63) is 57.9 Å². The van der Waals surface area contributed by atoms with E-state index in [1.54, 1.807) is 37.4 Å². The molecule has 4 N–H and O–H groups in total. The van der Waals surface area contributed by atoms with Crippen molar-refractivity contribution in [1.29, 1.82) is 0 Å². The first-order valence-electron chi connectivity index (χ1n) is 11.7. The maximum Gasteiger partial charge on any atom is 0.304 e. The predicted octanol–water partition coefficient (Wildman–Crippen LogP) is 1.78. The summed E-state index contributed by atoms with van der Waals surface area (Å²) >= 11 is 0. The van der Waals surface area contributed by atoms with E-state index in [0.29, 0.717) is 30.0 Å². The summed E-state index contributed by atoms with van der Waals surface area (Å²) in [4.78, 5) is 74.0. The van der Waals surface area contributed by atoms with Gasteiger partial charge in [0.05, 0.1) is 24.9 Å². The highest BCUT2D eigenvalue weighted by atomic mass is 16.4. The number of aliphatic carboxylic acids is 1. The summed E-state index contributed by atoms with van der Waals surface area (Å²) in [6, 6.07) is 6.76. The third-order valence-corrected chi connectivity index (χ3v) is 5.59. The van der Waals surface area contributed by atoms with Gasteiger partial charge < -0.3 is 20.7 Å². The Bertz CT molecular complexity index is 1370. The van der Waals surface area contributed by atoms with E-state index in [1.807, 2.05) is 0 Å². The van der Waals surface area contributed by atoms with Crippen LogP contribution in [0.3, 0.4) is 0 Å². The van der Waals surface area contributed by atoms with E-state index >= 15 is 0 Å². The number of hydrogen-bond donors (Lipinski definition) is 4. The van der Waals surface area contributed by atoms with Crippen LogP contribution >= 0.6 is 0 Å². The lowest BCUT2D eigenvalue weighted by molar-refractivity contribution is -0.141. The number of carbonyl (C=O) groups is 4. The SMILES string of the molecule is CC(=O)[C@H](CC(=O)O)CC(=O)CCCNC(=O)c1ccc(NCc2cnc3nc(C)[nH]c(=O)c3n2)cc1. The van der Waals surface area contributed by atoms with Gasteiger partial charge in [-0.1, -0.05) is 0 Å². The van der Waals surface area contributed by atoms with E-state index in [-0.39, 0.29) is 60.0 Å². The number of anilines is 1. The smallest absolute Gasteiger partial charge is 0.304 e. The monoisotopic (exact) mass is 508 g/mol. The molecule has 194 valence electrons. The first-order valence-corrected chi connectivity index (χ1v) is 11.7. The number of aromatic amines is 1. The fourth-order valence-corrected chi connectivity index (χ4v) is 3.62. The molecule has 1 aromatic carbocycles. The van der Waals surface area contributed by atoms with E-state index in [9.17, 15) is 24.0 Å². The first kappa shape index (κ1) is 27.1. The van der Waals surface area contributed by atoms with Crippen LogP contribution in [0.1, 0.15) is 54.5 Å². The van der Waals surface area contributed by atoms with Crippen LogP contribution in [-0.2, 0) is 20.9 Å². The van der Waals surface area contributed by atoms with Crippen molar-refractivity contribution in [2.45, 2.75) is 46.1 Å². The zero-order valence-corrected chi connectivity index (χ0v) is 20.5. The fourth-order valence-electron chi connectivity index (χ4n) is 3.62. The third-order valence-electron chi connectivity index (χ3n) is 5.59. The molecule has 0 aliphatic heterocycles. The van der Waals surface area contributed by atoms with Gasteiger partial charge in [0.15, 0.2) is 11.2 Å². The normalized spacial score (nSPS) is 11.6. The van der Waals surface area contributed by atoms with Crippen LogP contribution in [0.2, 0.25) is 0 Å². The second-order valence-electron chi connectivity index (χ2n) is 8.62. The molecule has 0 unspecified atom stereocenters. The lowest BCUT2D eigenvalue weighted by Crippen LogP contribution is -2.25. The lowest BCUT2D eigenvalue weighted by Gasteiger charge is -2.10. The van der Waals surface area contributed by atoms with Crippen molar-refractivity contribution in [1.82, 2.24) is 25.3 Å². The highest BCUT2D eigenvalue weighted by Gasteiger charge is 2.21. The number of hydrogen-bond acceptors (Lipinski definition) is 9. The number of nitrogens with one attached hydrogen (secondary N) is 3. The van der Waals surface area contributed by atoms with Gasteiger partial charge in [0.1, 0.15) is 17.4 Å². The number of aryl methyl sites for hydroxylation is 1. The Balaban J connectivity index is 1.44. The van der Waals surface area contributed by atoms with Crippen molar-refractivity contribution in [3.8, 4) is 0 Å². The molecule has 1 atom stereocenters. The summed E-state index contributed by atoms with van der Waals surface area (Å²) in [6.45, 7) is 3.53. The van der Waals surface area contributed by atoms with Crippen molar-refractivity contribution in [3.63, 3.8) is 0 Å². The zero-order chi connectivity index (χ0) is 26.9. The van der Waals surface area contributed by atoms with Crippen molar-refractivity contribution >= 4 is 40.3 Å². The zero-order valence-electron chi connectivity index (χ0n) is 20.5. The lowest BCUT2D eigenvalue weighted by atomic mass is 9.93. The number of Topliss-reactive ketones (excluding diaryl/α,β-unsaturated/α-hetero) is 2. The molecule has 0 aliphatic rings. The molecule has 0 saturated carbocycles. The van der Waals surface area contributed by atoms with Gasteiger partial charge >= 0.3 is 5.97 Å². The summed E-state index contributed by atoms with van der Waals surface area (Å²) in [5, 5.41) is 14.7. The molecule has 2 heterocycles. The molecule has 0 radical (unpaired) electrons. The molecular formula is C25H28N6O6. The Kier molecular flexibility index (Phi) is 9.14. The highest BCUT2D eigenvalue weighted by molar-refractivity contribution is 5.94. The number of carboxylic acids is 1. The Morgan fingerprint density at radius 3 is 2.49 bits per heavy atom. The Morgan fingerprint density at radius 2 is 1.81 bits per heavy atom. The van der Waals surface area contributed by atoms with Gasteiger partial charge in [0, 0.05) is 36.6 Å². The van der Waals surface area contributed by atoms with Gasteiger partial charge in [-0.2, -0.15) is 0 Å². The van der Waals surface area contributed by atoms with Crippen LogP contribution in [0.4, 0.5) is 5.69 Å². The topological polar surface area (TPSA) is 184 Å². The maximum atomic E-state index is 12.4. The number of benzene rings is 1. The number of aromatic nitrogens is 4. The van der Waals surface area contributed by atoms with E-state index < -0.39 is 11.9 Å². The van der Waals surface area contributed by atoms with E-state index in [2.05, 4.69) is 30.6 Å². The molecule has 3 aromatic rings. The Hall–Kier alpha value is -4.48. The minimum atomic E-state index is -1.12. The molecular weight excluding hydrogens is 480 g/mol. The summed E-state index contributed by atoms with van der Waals surface area (Å²) in [7, 11) is 0. The molecule has 0 bridgehead atoms. The summed E-state index contributed by atoms with van der Waals surface area (Å²) in [5.74, 6) is -2.30. The van der Waals surface area contributed by atoms with Crippen LogP contribution in [0.5, 0.6) is 0 Å². The molecule has 3 rings (SSSR count). The minimum Gasteiger partial charge on any atom is -0.481 e. The van der Waals surface area contributed by atoms with Gasteiger partial charge in [0.2, 0.25) is 0 Å². The quantitative estimate of drug-likeness (QED) is 0.248. The molecule has 1 amide bonds. The van der Waals surface area contributed by atoms with Crippen molar-refractivity contribution in [2.24, 2.45) is 5.92 Å². The standard InChI is InChI=1S/C25H28N6O6/c1-14(32)17(11-21(34)35)10-20(33)4-3-9-26-24(36)16-5-7-18(8-6-16)27-12-19-13-28-23-22(31-19)25(37)30-15(2)29-23/h5-8,13,17,27H,3-4,9-12H2,1-2H3,(H,26,36)(H,34,35)(H,28,29,30,37)/t17-/m0/s1. The maximum absolute atomic E-state index is 12.4. The number of H-pyrrole nitrogens is 1. The molecule has 0 fully saturated rings. The van der Waals surface area contributed by atoms with Gasteiger partial charge in [-0.05, 0) is 44.5 Å². The molecule has 12 heteroatoms. The van der Waals surface area contributed by atoms with Gasteiger partial charge in [-0.15, -0.1) is 0 Å². The largest absolute Gasteiger partial charge is 0.481 e. The molecule has 0 saturated heterocycles. The van der Waals surface area contributed by atoms with Gasteiger partial charge in [0.25, 0.3) is 11.5 Å². The molecule has 0 spiro atoms. The second-order valence-corrected chi connectivity index (χ2v) is 8.62. The number of carbonyl (C=O) groups excluding carboxylic acids is 3. The average molecular weight is 509 g/mol. The average Bonchev–Trinajstić information content (AvgIpc) is 2.85. The molecule has 2 aromatic heterocycles. The van der Waals surface area contributed by atoms with Crippen LogP contribution in [0.25, 0.3) is 11.2 Å². The number of nitrogens with zero attached hydrogens (tertiary/aromatic N) is 3. The number of rotatable bonds is 13. The predicted molar refractivity (Wildman–Crippen MR) is 134 cm³/mol. The highest BCUT2D eigenvalue weighted by Crippen LogP contribution is 2.14. The van der Waals surface area contributed by atoms with Gasteiger partial charge in [-0.3, -0.25) is 24.0 Å². The van der Waals surface area contributed by atoms with Crippen LogP contribution in [0.15, 0.2) is 35.3 Å². The van der Waals surface area contributed by atoms with E-state index in [0.717, 1.165) is 5.69 Å². The summed E-state index contributed by atoms with van der Waals surface area (Å²) in [5.41, 5.74) is 1.82. The molecule has 12 nitrogen and oxygen atoms in total.